The molecule has 0 fully saturated rings. The maximum Gasteiger partial charge on any atom is 0.283 e. The fourth-order valence-corrected chi connectivity index (χ4v) is 1.67. The summed E-state index contributed by atoms with van der Waals surface area (Å²) < 4.78 is 11.0. The van der Waals surface area contributed by atoms with E-state index >= 15 is 0 Å². The van der Waals surface area contributed by atoms with E-state index < -0.39 is 0 Å². The molecule has 0 aliphatic carbocycles. The van der Waals surface area contributed by atoms with Gasteiger partial charge in [-0.2, -0.15) is 0 Å². The Bertz CT molecular complexity index is 476. The Hall–Kier alpha value is -1.62. The molecule has 0 unspecified atom stereocenters. The molecule has 0 atom stereocenters. The Balaban J connectivity index is 1.83. The Morgan fingerprint density at radius 3 is 2.78 bits per heavy atom. The van der Waals surface area contributed by atoms with Crippen molar-refractivity contribution in [2.45, 2.75) is 33.1 Å². The Labute approximate surface area is 107 Å². The van der Waals surface area contributed by atoms with Crippen molar-refractivity contribution < 1.29 is 8.83 Å². The Kier molecular flexibility index (Phi) is 4.52. The van der Waals surface area contributed by atoms with Gasteiger partial charge in [-0.15, -0.1) is 10.2 Å². The molecule has 2 aromatic heterocycles. The molecule has 5 heteroatoms. The van der Waals surface area contributed by atoms with E-state index in [-0.39, 0.29) is 0 Å². The zero-order chi connectivity index (χ0) is 12.8. The number of hydrogen-bond donors (Lipinski definition) is 1. The number of furan rings is 1. The summed E-state index contributed by atoms with van der Waals surface area (Å²) in [6.45, 7) is 6.08. The highest BCUT2D eigenvalue weighted by Crippen LogP contribution is 2.20. The third-order valence-corrected chi connectivity index (χ3v) is 2.59. The quantitative estimate of drug-likeness (QED) is 0.764. The van der Waals surface area contributed by atoms with Gasteiger partial charge >= 0.3 is 0 Å². The molecule has 2 rings (SSSR count). The molecule has 2 aromatic rings. The summed E-state index contributed by atoms with van der Waals surface area (Å²) in [5, 5.41) is 11.3. The molecular formula is C13H19N3O2. The maximum absolute atomic E-state index is 5.55. The number of nitrogens with one attached hydrogen (secondary N) is 1. The molecule has 1 N–H and O–H groups in total. The molecule has 18 heavy (non-hydrogen) atoms. The fourth-order valence-electron chi connectivity index (χ4n) is 1.67. The number of nitrogens with zero attached hydrogens (tertiary/aromatic N) is 2. The lowest BCUT2D eigenvalue weighted by Crippen LogP contribution is -2.16. The van der Waals surface area contributed by atoms with Crippen molar-refractivity contribution in [3.05, 3.63) is 23.8 Å². The molecule has 0 spiro atoms. The van der Waals surface area contributed by atoms with Crippen molar-refractivity contribution in [2.24, 2.45) is 0 Å². The molecule has 0 amide bonds. The van der Waals surface area contributed by atoms with Gasteiger partial charge in [0.25, 0.3) is 5.89 Å². The molecular weight excluding hydrogens is 230 g/mol. The van der Waals surface area contributed by atoms with Gasteiger partial charge in [0.15, 0.2) is 5.76 Å². The van der Waals surface area contributed by atoms with Crippen LogP contribution in [0.25, 0.3) is 11.7 Å². The van der Waals surface area contributed by atoms with E-state index in [4.69, 9.17) is 8.83 Å². The minimum Gasteiger partial charge on any atom is -0.456 e. The average molecular weight is 249 g/mol. The lowest BCUT2D eigenvalue weighted by atomic mass is 10.3. The van der Waals surface area contributed by atoms with Gasteiger partial charge < -0.3 is 14.2 Å². The predicted octanol–water partition coefficient (Wildman–Crippen LogP) is 2.57. The van der Waals surface area contributed by atoms with Gasteiger partial charge in [-0.1, -0.05) is 6.92 Å². The van der Waals surface area contributed by atoms with Crippen molar-refractivity contribution in [2.75, 3.05) is 13.1 Å². The van der Waals surface area contributed by atoms with E-state index in [1.54, 1.807) is 0 Å². The normalized spacial score (nSPS) is 11.0. The third kappa shape index (κ3) is 3.43. The van der Waals surface area contributed by atoms with E-state index in [1.165, 1.54) is 0 Å². The van der Waals surface area contributed by atoms with Gasteiger partial charge in [0.05, 0.1) is 0 Å². The van der Waals surface area contributed by atoms with Crippen molar-refractivity contribution in [3.8, 4) is 11.7 Å². The first-order valence-corrected chi connectivity index (χ1v) is 6.39. The molecule has 5 nitrogen and oxygen atoms in total. The summed E-state index contributed by atoms with van der Waals surface area (Å²) in [4.78, 5) is 0. The first-order chi connectivity index (χ1) is 8.79. The molecule has 0 saturated heterocycles. The van der Waals surface area contributed by atoms with E-state index in [0.717, 1.165) is 38.1 Å². The monoisotopic (exact) mass is 249 g/mol. The summed E-state index contributed by atoms with van der Waals surface area (Å²) in [6.07, 6.45) is 2.95. The van der Waals surface area contributed by atoms with Crippen LogP contribution < -0.4 is 5.32 Å². The molecule has 0 bridgehead atoms. The number of aryl methyl sites for hydroxylation is 2. The molecule has 0 aliphatic rings. The van der Waals surface area contributed by atoms with Crippen LogP contribution in [0.2, 0.25) is 0 Å². The number of hydrogen-bond acceptors (Lipinski definition) is 5. The molecule has 0 aliphatic heterocycles. The zero-order valence-electron chi connectivity index (χ0n) is 10.9. The van der Waals surface area contributed by atoms with Crippen LogP contribution in [0.3, 0.4) is 0 Å². The SMILES string of the molecule is CCCNCCCc1nnc(-c2ccc(C)o2)o1. The standard InChI is InChI=1S/C13H19N3O2/c1-3-8-14-9-4-5-12-15-16-13(18-12)11-7-6-10(2)17-11/h6-7,14H,3-5,8-9H2,1-2H3. The smallest absolute Gasteiger partial charge is 0.283 e. The summed E-state index contributed by atoms with van der Waals surface area (Å²) in [6, 6.07) is 3.73. The van der Waals surface area contributed by atoms with E-state index in [2.05, 4.69) is 22.4 Å². The minimum atomic E-state index is 0.458. The van der Waals surface area contributed by atoms with Crippen LogP contribution >= 0.6 is 0 Å². The van der Waals surface area contributed by atoms with Crippen molar-refractivity contribution in [3.63, 3.8) is 0 Å². The molecule has 0 aromatic carbocycles. The topological polar surface area (TPSA) is 64.1 Å². The second-order valence-electron chi connectivity index (χ2n) is 4.26. The highest BCUT2D eigenvalue weighted by atomic mass is 16.4. The van der Waals surface area contributed by atoms with Crippen LogP contribution in [0.5, 0.6) is 0 Å². The molecule has 0 radical (unpaired) electrons. The minimum absolute atomic E-state index is 0.458. The van der Waals surface area contributed by atoms with Gasteiger partial charge in [-0.3, -0.25) is 0 Å². The lowest BCUT2D eigenvalue weighted by Gasteiger charge is -1.99. The number of rotatable bonds is 7. The van der Waals surface area contributed by atoms with Gasteiger partial charge in [0.2, 0.25) is 5.89 Å². The highest BCUT2D eigenvalue weighted by molar-refractivity contribution is 5.43. The summed E-state index contributed by atoms with van der Waals surface area (Å²) in [5.74, 6) is 2.60. The summed E-state index contributed by atoms with van der Waals surface area (Å²) in [5.41, 5.74) is 0. The van der Waals surface area contributed by atoms with Gasteiger partial charge in [0, 0.05) is 6.42 Å². The van der Waals surface area contributed by atoms with Gasteiger partial charge in [-0.05, 0) is 45.0 Å². The van der Waals surface area contributed by atoms with E-state index in [1.807, 2.05) is 19.1 Å². The summed E-state index contributed by atoms with van der Waals surface area (Å²) in [7, 11) is 0. The van der Waals surface area contributed by atoms with Crippen LogP contribution in [0.4, 0.5) is 0 Å². The largest absolute Gasteiger partial charge is 0.456 e. The summed E-state index contributed by atoms with van der Waals surface area (Å²) >= 11 is 0. The first kappa shape index (κ1) is 12.8. The van der Waals surface area contributed by atoms with Crippen LogP contribution in [0.15, 0.2) is 21.0 Å². The second-order valence-corrected chi connectivity index (χ2v) is 4.26. The third-order valence-electron chi connectivity index (χ3n) is 2.59. The first-order valence-electron chi connectivity index (χ1n) is 6.39. The molecule has 0 saturated carbocycles. The Morgan fingerprint density at radius 1 is 1.17 bits per heavy atom. The second kappa shape index (κ2) is 6.35. The maximum atomic E-state index is 5.55. The van der Waals surface area contributed by atoms with Crippen molar-refractivity contribution in [1.82, 2.24) is 15.5 Å². The number of aromatic nitrogens is 2. The molecule has 98 valence electrons. The van der Waals surface area contributed by atoms with Crippen LogP contribution in [-0.4, -0.2) is 23.3 Å². The van der Waals surface area contributed by atoms with Crippen molar-refractivity contribution in [1.29, 1.82) is 0 Å². The van der Waals surface area contributed by atoms with Gasteiger partial charge in [0.1, 0.15) is 5.76 Å². The van der Waals surface area contributed by atoms with E-state index in [0.29, 0.717) is 17.5 Å². The van der Waals surface area contributed by atoms with Gasteiger partial charge in [-0.25, -0.2) is 0 Å². The zero-order valence-corrected chi connectivity index (χ0v) is 10.9. The lowest BCUT2D eigenvalue weighted by molar-refractivity contribution is 0.465. The van der Waals surface area contributed by atoms with Crippen LogP contribution in [0.1, 0.15) is 31.4 Å². The highest BCUT2D eigenvalue weighted by Gasteiger charge is 2.11. The predicted molar refractivity (Wildman–Crippen MR) is 68.2 cm³/mol. The Morgan fingerprint density at radius 2 is 2.06 bits per heavy atom. The molecule has 2 heterocycles. The fraction of sp³-hybridized carbons (Fsp3) is 0.538. The average Bonchev–Trinajstić information content (AvgIpc) is 2.97. The van der Waals surface area contributed by atoms with E-state index in [9.17, 15) is 0 Å². The van der Waals surface area contributed by atoms with Crippen molar-refractivity contribution >= 4 is 0 Å². The van der Waals surface area contributed by atoms with Crippen LogP contribution in [0, 0.1) is 6.92 Å². The van der Waals surface area contributed by atoms with Crippen LogP contribution in [-0.2, 0) is 6.42 Å².